The van der Waals surface area contributed by atoms with Crippen LogP contribution in [0.2, 0.25) is 0 Å². The van der Waals surface area contributed by atoms with E-state index in [0.29, 0.717) is 9.88 Å². The molecular formula is C12H13NOS2. The average Bonchev–Trinajstić information content (AvgIpc) is 2.70. The molecule has 2 rings (SSSR count). The zero-order chi connectivity index (χ0) is 11.5. The number of thiocarbonyl (C=S) groups is 1. The van der Waals surface area contributed by atoms with Gasteiger partial charge in [-0.1, -0.05) is 49.1 Å². The Kier molecular flexibility index (Phi) is 3.61. The highest BCUT2D eigenvalue weighted by Crippen LogP contribution is 2.27. The molecule has 0 radical (unpaired) electrons. The van der Waals surface area contributed by atoms with Crippen LogP contribution < -0.4 is 0 Å². The van der Waals surface area contributed by atoms with Crippen LogP contribution in [0.15, 0.2) is 30.3 Å². The van der Waals surface area contributed by atoms with Crippen molar-refractivity contribution in [2.45, 2.75) is 19.4 Å². The normalized spacial score (nSPS) is 20.2. The number of thioether (sulfide) groups is 1. The van der Waals surface area contributed by atoms with Gasteiger partial charge in [-0.2, -0.15) is 0 Å². The number of amides is 1. The molecule has 1 aliphatic rings. The molecule has 1 atom stereocenters. The van der Waals surface area contributed by atoms with E-state index in [4.69, 9.17) is 12.2 Å². The van der Waals surface area contributed by atoms with Crippen molar-refractivity contribution in [1.82, 2.24) is 4.90 Å². The quantitative estimate of drug-likeness (QED) is 0.754. The van der Waals surface area contributed by atoms with Gasteiger partial charge in [0.25, 0.3) is 5.91 Å². The highest BCUT2D eigenvalue weighted by atomic mass is 32.2. The van der Waals surface area contributed by atoms with Gasteiger partial charge < -0.3 is 0 Å². The van der Waals surface area contributed by atoms with Crippen LogP contribution in [0.5, 0.6) is 0 Å². The molecule has 1 fully saturated rings. The fourth-order valence-electron chi connectivity index (χ4n) is 1.73. The molecule has 1 amide bonds. The van der Waals surface area contributed by atoms with Crippen molar-refractivity contribution in [3.8, 4) is 0 Å². The third-order valence-corrected chi connectivity index (χ3v) is 4.22. The minimum atomic E-state index is 0.0300. The molecule has 0 bridgehead atoms. The maximum atomic E-state index is 12.3. The van der Waals surface area contributed by atoms with Gasteiger partial charge in [0.05, 0.1) is 0 Å². The monoisotopic (exact) mass is 251 g/mol. The second kappa shape index (κ2) is 4.97. The zero-order valence-corrected chi connectivity index (χ0v) is 10.7. The summed E-state index contributed by atoms with van der Waals surface area (Å²) in [7, 11) is 0. The lowest BCUT2D eigenvalue weighted by atomic mass is 10.1. The lowest BCUT2D eigenvalue weighted by molar-refractivity contribution is 0.0822. The van der Waals surface area contributed by atoms with Crippen LogP contribution in [-0.2, 0) is 0 Å². The lowest BCUT2D eigenvalue weighted by Crippen LogP contribution is -2.38. The predicted octanol–water partition coefficient (Wildman–Crippen LogP) is 2.94. The third kappa shape index (κ3) is 2.13. The Hall–Kier alpha value is -0.870. The van der Waals surface area contributed by atoms with E-state index in [1.54, 1.807) is 16.7 Å². The van der Waals surface area contributed by atoms with Crippen LogP contribution in [-0.4, -0.2) is 26.9 Å². The second-order valence-corrected chi connectivity index (χ2v) is 5.33. The molecule has 0 N–H and O–H groups in total. The van der Waals surface area contributed by atoms with Crippen LogP contribution in [0.25, 0.3) is 0 Å². The first-order valence-corrected chi connectivity index (χ1v) is 6.68. The third-order valence-electron chi connectivity index (χ3n) is 2.67. The van der Waals surface area contributed by atoms with Crippen LogP contribution in [0.1, 0.15) is 23.7 Å². The maximum Gasteiger partial charge on any atom is 0.259 e. The topological polar surface area (TPSA) is 20.3 Å². The number of nitrogens with zero attached hydrogens (tertiary/aromatic N) is 1. The van der Waals surface area contributed by atoms with Crippen molar-refractivity contribution in [2.24, 2.45) is 0 Å². The Balaban J connectivity index is 2.24. The van der Waals surface area contributed by atoms with Crippen molar-refractivity contribution in [3.63, 3.8) is 0 Å². The van der Waals surface area contributed by atoms with E-state index in [-0.39, 0.29) is 11.9 Å². The molecule has 0 aromatic heterocycles. The molecule has 0 spiro atoms. The summed E-state index contributed by atoms with van der Waals surface area (Å²) in [5, 5.41) is 0. The van der Waals surface area contributed by atoms with Crippen LogP contribution in [0.4, 0.5) is 0 Å². The Labute approximate surface area is 105 Å². The van der Waals surface area contributed by atoms with Gasteiger partial charge >= 0.3 is 0 Å². The second-order valence-electron chi connectivity index (χ2n) is 3.68. The summed E-state index contributed by atoms with van der Waals surface area (Å²) in [5.41, 5.74) is 0.714. The van der Waals surface area contributed by atoms with E-state index in [9.17, 15) is 4.79 Å². The first-order chi connectivity index (χ1) is 7.74. The molecule has 1 aromatic carbocycles. The summed E-state index contributed by atoms with van der Waals surface area (Å²) in [6, 6.07) is 9.58. The molecule has 0 saturated carbocycles. The minimum Gasteiger partial charge on any atom is -0.290 e. The van der Waals surface area contributed by atoms with Gasteiger partial charge in [0, 0.05) is 17.4 Å². The number of benzene rings is 1. The molecule has 1 heterocycles. The van der Waals surface area contributed by atoms with Gasteiger partial charge in [-0.3, -0.25) is 9.69 Å². The highest BCUT2D eigenvalue weighted by Gasteiger charge is 2.32. The molecule has 2 nitrogen and oxygen atoms in total. The van der Waals surface area contributed by atoms with Gasteiger partial charge in [0.1, 0.15) is 4.32 Å². The summed E-state index contributed by atoms with van der Waals surface area (Å²) >= 11 is 6.83. The number of carbonyl (C=O) groups is 1. The molecule has 1 aromatic rings. The molecule has 84 valence electrons. The van der Waals surface area contributed by atoms with E-state index < -0.39 is 0 Å². The first-order valence-electron chi connectivity index (χ1n) is 5.29. The molecule has 16 heavy (non-hydrogen) atoms. The van der Waals surface area contributed by atoms with Gasteiger partial charge in [-0.25, -0.2) is 0 Å². The summed E-state index contributed by atoms with van der Waals surface area (Å²) < 4.78 is 0.709. The fraction of sp³-hybridized carbons (Fsp3) is 0.333. The minimum absolute atomic E-state index is 0.0300. The Morgan fingerprint density at radius 2 is 2.19 bits per heavy atom. The SMILES string of the molecule is CC[C@@H]1CSC(=S)N1C(=O)c1ccccc1. The summed E-state index contributed by atoms with van der Waals surface area (Å²) in [6.45, 7) is 2.09. The van der Waals surface area contributed by atoms with Gasteiger partial charge in [-0.15, -0.1) is 0 Å². The summed E-state index contributed by atoms with van der Waals surface area (Å²) in [5.74, 6) is 0.955. The van der Waals surface area contributed by atoms with Gasteiger partial charge in [-0.05, 0) is 18.6 Å². The largest absolute Gasteiger partial charge is 0.290 e. The summed E-state index contributed by atoms with van der Waals surface area (Å²) in [6.07, 6.45) is 0.950. The maximum absolute atomic E-state index is 12.3. The number of hydrogen-bond donors (Lipinski definition) is 0. The lowest BCUT2D eigenvalue weighted by Gasteiger charge is -2.22. The standard InChI is InChI=1S/C12H13NOS2/c1-2-10-8-16-12(15)13(10)11(14)9-6-4-3-5-7-9/h3-7,10H,2,8H2,1H3/t10-/m1/s1. The molecule has 0 unspecified atom stereocenters. The number of hydrogen-bond acceptors (Lipinski definition) is 3. The Morgan fingerprint density at radius 1 is 1.50 bits per heavy atom. The first kappa shape index (κ1) is 11.6. The predicted molar refractivity (Wildman–Crippen MR) is 71.7 cm³/mol. The fourth-order valence-corrected chi connectivity index (χ4v) is 3.26. The highest BCUT2D eigenvalue weighted by molar-refractivity contribution is 8.23. The van der Waals surface area contributed by atoms with Gasteiger partial charge in [0.15, 0.2) is 0 Å². The Bertz CT molecular complexity index is 405. The zero-order valence-electron chi connectivity index (χ0n) is 9.05. The van der Waals surface area contributed by atoms with Crippen molar-refractivity contribution >= 4 is 34.2 Å². The van der Waals surface area contributed by atoms with Crippen LogP contribution >= 0.6 is 24.0 Å². The van der Waals surface area contributed by atoms with Crippen LogP contribution in [0, 0.1) is 0 Å². The number of rotatable bonds is 2. The summed E-state index contributed by atoms with van der Waals surface area (Å²) in [4.78, 5) is 14.0. The average molecular weight is 251 g/mol. The van der Waals surface area contributed by atoms with Crippen LogP contribution in [0.3, 0.4) is 0 Å². The van der Waals surface area contributed by atoms with Gasteiger partial charge in [0.2, 0.25) is 0 Å². The van der Waals surface area contributed by atoms with E-state index >= 15 is 0 Å². The Morgan fingerprint density at radius 3 is 2.81 bits per heavy atom. The molecule has 0 aliphatic carbocycles. The molecule has 1 aliphatic heterocycles. The van der Waals surface area contributed by atoms with E-state index in [2.05, 4.69) is 6.92 Å². The number of carbonyl (C=O) groups excluding carboxylic acids is 1. The van der Waals surface area contributed by atoms with E-state index in [0.717, 1.165) is 12.2 Å². The van der Waals surface area contributed by atoms with Crippen molar-refractivity contribution < 1.29 is 4.79 Å². The van der Waals surface area contributed by atoms with E-state index in [1.165, 1.54) is 0 Å². The van der Waals surface area contributed by atoms with Crippen molar-refractivity contribution in [2.75, 3.05) is 5.75 Å². The molecular weight excluding hydrogens is 238 g/mol. The molecule has 1 saturated heterocycles. The van der Waals surface area contributed by atoms with Crippen molar-refractivity contribution in [3.05, 3.63) is 35.9 Å². The van der Waals surface area contributed by atoms with Crippen molar-refractivity contribution in [1.29, 1.82) is 0 Å². The van der Waals surface area contributed by atoms with E-state index in [1.807, 2.05) is 30.3 Å². The smallest absolute Gasteiger partial charge is 0.259 e. The molecule has 4 heteroatoms.